The van der Waals surface area contributed by atoms with Crippen molar-refractivity contribution in [3.05, 3.63) is 23.8 Å². The first-order valence-corrected chi connectivity index (χ1v) is 12.1. The van der Waals surface area contributed by atoms with Gasteiger partial charge in [0.1, 0.15) is 0 Å². The average Bonchev–Trinajstić information content (AvgIpc) is 2.76. The minimum Gasteiger partial charge on any atom is -0.504 e. The molecule has 0 heterocycles. The predicted molar refractivity (Wildman–Crippen MR) is 124 cm³/mol. The van der Waals surface area contributed by atoms with Gasteiger partial charge in [-0.05, 0) is 24.1 Å². The Morgan fingerprint density at radius 3 is 1.87 bits per heavy atom. The van der Waals surface area contributed by atoms with Gasteiger partial charge in [-0.2, -0.15) is 5.06 Å². The molecule has 2 N–H and O–H groups in total. The number of hydrogen-bond donors (Lipinski definition) is 2. The number of phenols is 1. The standard InChI is InChI=1S/C25H43NO5/c1-3-4-5-6-7-8-9-10-11-12-13-14-15-16-19-31-26(25(28)29)21-22-17-18-23(27)24(20-22)30-2/h17-18,20,27H,3-16,19,21H2,1-2H3,(H,28,29). The Morgan fingerprint density at radius 1 is 0.871 bits per heavy atom. The van der Waals surface area contributed by atoms with Crippen molar-refractivity contribution in [3.63, 3.8) is 0 Å². The fourth-order valence-corrected chi connectivity index (χ4v) is 3.63. The Kier molecular flexibility index (Phi) is 15.5. The van der Waals surface area contributed by atoms with Crippen molar-refractivity contribution < 1.29 is 24.6 Å². The summed E-state index contributed by atoms with van der Waals surface area (Å²) in [5, 5.41) is 19.9. The van der Waals surface area contributed by atoms with Crippen molar-refractivity contribution in [2.45, 2.75) is 103 Å². The van der Waals surface area contributed by atoms with Crippen molar-refractivity contribution in [2.24, 2.45) is 0 Å². The molecule has 6 nitrogen and oxygen atoms in total. The second-order valence-corrected chi connectivity index (χ2v) is 8.25. The smallest absolute Gasteiger partial charge is 0.431 e. The Bertz CT molecular complexity index is 593. The van der Waals surface area contributed by atoms with E-state index >= 15 is 0 Å². The van der Waals surface area contributed by atoms with E-state index < -0.39 is 6.09 Å². The quantitative estimate of drug-likeness (QED) is 0.175. The van der Waals surface area contributed by atoms with Gasteiger partial charge < -0.3 is 14.9 Å². The predicted octanol–water partition coefficient (Wildman–Crippen LogP) is 7.29. The number of ether oxygens (including phenoxy) is 1. The maximum Gasteiger partial charge on any atom is 0.431 e. The molecular weight excluding hydrogens is 394 g/mol. The van der Waals surface area contributed by atoms with E-state index in [-0.39, 0.29) is 12.3 Å². The van der Waals surface area contributed by atoms with Gasteiger partial charge in [0, 0.05) is 0 Å². The summed E-state index contributed by atoms with van der Waals surface area (Å²) in [5.74, 6) is 0.339. The Labute approximate surface area is 188 Å². The molecule has 1 aromatic carbocycles. The Morgan fingerprint density at radius 2 is 1.39 bits per heavy atom. The summed E-state index contributed by atoms with van der Waals surface area (Å²) in [6.07, 6.45) is 16.8. The minimum atomic E-state index is -1.13. The van der Waals surface area contributed by atoms with Crippen molar-refractivity contribution in [1.29, 1.82) is 0 Å². The summed E-state index contributed by atoms with van der Waals surface area (Å²) in [6.45, 7) is 2.74. The molecule has 0 spiro atoms. The third-order valence-electron chi connectivity index (χ3n) is 5.53. The molecule has 0 atom stereocenters. The number of phenolic OH excluding ortho intramolecular Hbond substituents is 1. The molecule has 0 fully saturated rings. The van der Waals surface area contributed by atoms with Crippen molar-refractivity contribution in [2.75, 3.05) is 13.7 Å². The van der Waals surface area contributed by atoms with E-state index in [4.69, 9.17) is 9.57 Å². The molecule has 0 radical (unpaired) electrons. The Balaban J connectivity index is 2.04. The maximum absolute atomic E-state index is 11.4. The van der Waals surface area contributed by atoms with Crippen molar-refractivity contribution >= 4 is 6.09 Å². The molecule has 1 aromatic rings. The molecule has 0 saturated carbocycles. The lowest BCUT2D eigenvalue weighted by Gasteiger charge is -2.19. The lowest BCUT2D eigenvalue weighted by Crippen LogP contribution is -2.29. The van der Waals surface area contributed by atoms with E-state index in [1.807, 2.05) is 0 Å². The lowest BCUT2D eigenvalue weighted by molar-refractivity contribution is -0.138. The summed E-state index contributed by atoms with van der Waals surface area (Å²) in [4.78, 5) is 16.9. The van der Waals surface area contributed by atoms with Gasteiger partial charge in [-0.3, -0.25) is 4.84 Å². The molecule has 0 aliphatic heterocycles. The molecule has 6 heteroatoms. The highest BCUT2D eigenvalue weighted by molar-refractivity contribution is 5.63. The second kappa shape index (κ2) is 17.7. The number of amides is 1. The number of benzene rings is 1. The van der Waals surface area contributed by atoms with Gasteiger partial charge in [-0.25, -0.2) is 4.79 Å². The number of rotatable bonds is 19. The van der Waals surface area contributed by atoms with Gasteiger partial charge in [0.15, 0.2) is 11.5 Å². The normalized spacial score (nSPS) is 10.9. The van der Waals surface area contributed by atoms with Crippen LogP contribution in [0.3, 0.4) is 0 Å². The highest BCUT2D eigenvalue weighted by Gasteiger charge is 2.14. The van der Waals surface area contributed by atoms with Gasteiger partial charge in [0.25, 0.3) is 0 Å². The molecule has 178 valence electrons. The van der Waals surface area contributed by atoms with Crippen LogP contribution < -0.4 is 4.74 Å². The fraction of sp³-hybridized carbons (Fsp3) is 0.720. The zero-order valence-corrected chi connectivity index (χ0v) is 19.6. The van der Waals surface area contributed by atoms with Crippen LogP contribution in [-0.2, 0) is 11.4 Å². The fourth-order valence-electron chi connectivity index (χ4n) is 3.63. The summed E-state index contributed by atoms with van der Waals surface area (Å²) >= 11 is 0. The molecule has 1 rings (SSSR count). The second-order valence-electron chi connectivity index (χ2n) is 8.25. The van der Waals surface area contributed by atoms with Crippen molar-refractivity contribution in [3.8, 4) is 11.5 Å². The maximum atomic E-state index is 11.4. The lowest BCUT2D eigenvalue weighted by atomic mass is 10.0. The van der Waals surface area contributed by atoms with Gasteiger partial charge in [-0.15, -0.1) is 0 Å². The molecule has 0 bridgehead atoms. The third kappa shape index (κ3) is 13.1. The number of hydrogen-bond acceptors (Lipinski definition) is 4. The summed E-state index contributed by atoms with van der Waals surface area (Å²) in [5.41, 5.74) is 0.693. The third-order valence-corrected chi connectivity index (χ3v) is 5.53. The monoisotopic (exact) mass is 437 g/mol. The SMILES string of the molecule is CCCCCCCCCCCCCCCCON(Cc1ccc(O)c(OC)c1)C(=O)O. The molecule has 1 amide bonds. The van der Waals surface area contributed by atoms with E-state index in [9.17, 15) is 15.0 Å². The minimum absolute atomic E-state index is 0.0245. The highest BCUT2D eigenvalue weighted by Crippen LogP contribution is 2.27. The first kappa shape index (κ1) is 27.1. The van der Waals surface area contributed by atoms with E-state index in [2.05, 4.69) is 6.92 Å². The first-order chi connectivity index (χ1) is 15.1. The number of carboxylic acid groups (broad SMARTS) is 1. The molecule has 0 saturated heterocycles. The van der Waals surface area contributed by atoms with Crippen LogP contribution in [0.25, 0.3) is 0 Å². The Hall–Kier alpha value is -1.95. The van der Waals surface area contributed by atoms with Crippen molar-refractivity contribution in [1.82, 2.24) is 5.06 Å². The topological polar surface area (TPSA) is 79.2 Å². The average molecular weight is 438 g/mol. The van der Waals surface area contributed by atoms with Crippen LogP contribution in [0.4, 0.5) is 4.79 Å². The van der Waals surface area contributed by atoms with Crippen LogP contribution in [0.1, 0.15) is 102 Å². The molecular formula is C25H43NO5. The molecule has 0 aromatic heterocycles. The van der Waals surface area contributed by atoms with Crippen LogP contribution in [-0.4, -0.2) is 35.1 Å². The van der Waals surface area contributed by atoms with Crippen LogP contribution in [0.2, 0.25) is 0 Å². The van der Waals surface area contributed by atoms with Crippen LogP contribution in [0.5, 0.6) is 11.5 Å². The highest BCUT2D eigenvalue weighted by atomic mass is 16.7. The summed E-state index contributed by atoms with van der Waals surface area (Å²) < 4.78 is 5.06. The van der Waals surface area contributed by atoms with Crippen LogP contribution in [0.15, 0.2) is 18.2 Å². The van der Waals surface area contributed by atoms with Gasteiger partial charge >= 0.3 is 6.09 Å². The molecule has 0 aliphatic rings. The van der Waals surface area contributed by atoms with Crippen LogP contribution in [0, 0.1) is 0 Å². The number of nitrogens with zero attached hydrogens (tertiary/aromatic N) is 1. The largest absolute Gasteiger partial charge is 0.504 e. The summed E-state index contributed by atoms with van der Waals surface area (Å²) in [7, 11) is 1.46. The first-order valence-electron chi connectivity index (χ1n) is 12.1. The molecule has 0 aliphatic carbocycles. The zero-order chi connectivity index (χ0) is 22.7. The van der Waals surface area contributed by atoms with Gasteiger partial charge in [0.2, 0.25) is 0 Å². The van der Waals surface area contributed by atoms with Crippen LogP contribution >= 0.6 is 0 Å². The van der Waals surface area contributed by atoms with Gasteiger partial charge in [0.05, 0.1) is 20.3 Å². The number of hydroxylamine groups is 2. The number of unbranched alkanes of at least 4 members (excludes halogenated alkanes) is 13. The number of carbonyl (C=O) groups is 1. The summed E-state index contributed by atoms with van der Waals surface area (Å²) in [6, 6.07) is 4.76. The van der Waals surface area contributed by atoms with Gasteiger partial charge in [-0.1, -0.05) is 96.5 Å². The molecule has 31 heavy (non-hydrogen) atoms. The zero-order valence-electron chi connectivity index (χ0n) is 19.6. The molecule has 0 unspecified atom stereocenters. The van der Waals surface area contributed by atoms with E-state index in [1.165, 1.54) is 90.2 Å². The van der Waals surface area contributed by atoms with E-state index in [1.54, 1.807) is 12.1 Å². The number of methoxy groups -OCH3 is 1. The number of aromatic hydroxyl groups is 1. The van der Waals surface area contributed by atoms with E-state index in [0.717, 1.165) is 17.9 Å². The van der Waals surface area contributed by atoms with E-state index in [0.29, 0.717) is 17.9 Å².